The molecule has 1 unspecified atom stereocenters. The molecular weight excluding hydrogens is 255 g/mol. The molecule has 20 heavy (non-hydrogen) atoms. The van der Waals surface area contributed by atoms with Gasteiger partial charge in [0.1, 0.15) is 0 Å². The van der Waals surface area contributed by atoms with Crippen molar-refractivity contribution in [2.45, 2.75) is 19.0 Å². The van der Waals surface area contributed by atoms with E-state index in [1.54, 1.807) is 49.4 Å². The summed E-state index contributed by atoms with van der Waals surface area (Å²) in [6.45, 7) is 1.83. The third kappa shape index (κ3) is 3.05. The van der Waals surface area contributed by atoms with Crippen LogP contribution in [-0.4, -0.2) is 12.6 Å². The zero-order chi connectivity index (χ0) is 14.4. The predicted molar refractivity (Wildman–Crippen MR) is 76.0 cm³/mol. The van der Waals surface area contributed by atoms with Gasteiger partial charge in [0.05, 0.1) is 6.61 Å². The second-order valence-corrected chi connectivity index (χ2v) is 4.55. The summed E-state index contributed by atoms with van der Waals surface area (Å²) in [5.74, 6) is -0.838. The fraction of sp³-hybridized carbons (Fsp3) is 0.235. The summed E-state index contributed by atoms with van der Waals surface area (Å²) in [5.41, 5.74) is -1.08. The van der Waals surface area contributed by atoms with Crippen molar-refractivity contribution in [2.75, 3.05) is 6.61 Å². The Morgan fingerprint density at radius 1 is 1.05 bits per heavy atom. The average Bonchev–Trinajstić information content (AvgIpc) is 2.49. The van der Waals surface area contributed by atoms with Crippen LogP contribution in [-0.2, 0) is 21.6 Å². The minimum absolute atomic E-state index is 0.0311. The van der Waals surface area contributed by atoms with Crippen LogP contribution >= 0.6 is 0 Å². The molecule has 104 valence electrons. The molecule has 0 aliphatic carbocycles. The van der Waals surface area contributed by atoms with Crippen molar-refractivity contribution in [3.05, 3.63) is 71.8 Å². The van der Waals surface area contributed by atoms with Crippen molar-refractivity contribution in [2.24, 2.45) is 0 Å². The van der Waals surface area contributed by atoms with Crippen LogP contribution in [0.4, 0.5) is 4.39 Å². The lowest BCUT2D eigenvalue weighted by molar-refractivity contribution is -0.158. The average molecular weight is 272 g/mol. The summed E-state index contributed by atoms with van der Waals surface area (Å²) in [7, 11) is 0. The fourth-order valence-corrected chi connectivity index (χ4v) is 2.12. The van der Waals surface area contributed by atoms with Crippen LogP contribution in [0, 0.1) is 0 Å². The monoisotopic (exact) mass is 272 g/mol. The van der Waals surface area contributed by atoms with Gasteiger partial charge in [-0.05, 0) is 12.5 Å². The molecule has 0 saturated carbocycles. The number of carbonyl (C=O) groups excluding carboxylic acids is 1. The van der Waals surface area contributed by atoms with E-state index in [4.69, 9.17) is 4.74 Å². The van der Waals surface area contributed by atoms with Crippen LogP contribution in [0.3, 0.4) is 0 Å². The third-order valence-electron chi connectivity index (χ3n) is 3.12. The van der Waals surface area contributed by atoms with Gasteiger partial charge in [-0.25, -0.2) is 9.18 Å². The van der Waals surface area contributed by atoms with Crippen molar-refractivity contribution in [3.63, 3.8) is 0 Å². The number of carbonyl (C=O) groups is 1. The minimum Gasteiger partial charge on any atom is -0.463 e. The Morgan fingerprint density at radius 3 is 2.15 bits per heavy atom. The number of hydrogen-bond donors (Lipinski definition) is 0. The van der Waals surface area contributed by atoms with E-state index in [9.17, 15) is 4.79 Å². The lowest BCUT2D eigenvalue weighted by Gasteiger charge is -2.23. The first-order chi connectivity index (χ1) is 9.66. The molecule has 0 aliphatic heterocycles. The quantitative estimate of drug-likeness (QED) is 0.776. The van der Waals surface area contributed by atoms with Crippen molar-refractivity contribution < 1.29 is 13.9 Å². The van der Waals surface area contributed by atoms with Crippen LogP contribution in [0.1, 0.15) is 18.1 Å². The molecule has 0 saturated heterocycles. The van der Waals surface area contributed by atoms with Crippen LogP contribution in [0.2, 0.25) is 0 Å². The molecule has 0 aromatic heterocycles. The Morgan fingerprint density at radius 2 is 1.60 bits per heavy atom. The molecule has 0 N–H and O–H groups in total. The standard InChI is InChI=1S/C17H17FO2/c1-2-20-16(19)17(18,15-11-7-4-8-12-15)13-14-9-5-3-6-10-14/h3-12H,2,13H2,1H3. The Balaban J connectivity index is 2.36. The maximum Gasteiger partial charge on any atom is 0.348 e. The van der Waals surface area contributed by atoms with Gasteiger partial charge < -0.3 is 4.74 Å². The molecule has 0 radical (unpaired) electrons. The zero-order valence-corrected chi connectivity index (χ0v) is 11.4. The van der Waals surface area contributed by atoms with Gasteiger partial charge in [0, 0.05) is 12.0 Å². The first-order valence-electron chi connectivity index (χ1n) is 6.62. The topological polar surface area (TPSA) is 26.3 Å². The molecule has 2 aromatic carbocycles. The molecule has 2 rings (SSSR count). The molecule has 0 fully saturated rings. The van der Waals surface area contributed by atoms with Gasteiger partial charge in [-0.15, -0.1) is 0 Å². The smallest absolute Gasteiger partial charge is 0.348 e. The highest BCUT2D eigenvalue weighted by Gasteiger charge is 2.42. The number of esters is 1. The Hall–Kier alpha value is -2.16. The maximum atomic E-state index is 15.3. The van der Waals surface area contributed by atoms with E-state index < -0.39 is 11.6 Å². The molecular formula is C17H17FO2. The van der Waals surface area contributed by atoms with E-state index >= 15 is 4.39 Å². The SMILES string of the molecule is CCOC(=O)C(F)(Cc1ccccc1)c1ccccc1. The number of ether oxygens (including phenoxy) is 1. The highest BCUT2D eigenvalue weighted by Crippen LogP contribution is 2.31. The Kier molecular flexibility index (Phi) is 4.51. The highest BCUT2D eigenvalue weighted by atomic mass is 19.1. The van der Waals surface area contributed by atoms with E-state index in [0.717, 1.165) is 5.56 Å². The molecule has 0 aliphatic rings. The molecule has 1 atom stereocenters. The van der Waals surface area contributed by atoms with Gasteiger partial charge >= 0.3 is 5.97 Å². The molecule has 0 heterocycles. The molecule has 0 spiro atoms. The van der Waals surface area contributed by atoms with Gasteiger partial charge in [-0.1, -0.05) is 60.7 Å². The van der Waals surface area contributed by atoms with E-state index in [1.807, 2.05) is 18.2 Å². The zero-order valence-electron chi connectivity index (χ0n) is 11.4. The fourth-order valence-electron chi connectivity index (χ4n) is 2.12. The largest absolute Gasteiger partial charge is 0.463 e. The summed E-state index contributed by atoms with van der Waals surface area (Å²) in [6.07, 6.45) is -0.0311. The first kappa shape index (κ1) is 14.3. The Labute approximate surface area is 118 Å². The third-order valence-corrected chi connectivity index (χ3v) is 3.12. The summed E-state index contributed by atoms with van der Waals surface area (Å²) in [6, 6.07) is 17.6. The van der Waals surface area contributed by atoms with E-state index in [-0.39, 0.29) is 13.0 Å². The minimum atomic E-state index is -2.15. The second-order valence-electron chi connectivity index (χ2n) is 4.55. The number of hydrogen-bond acceptors (Lipinski definition) is 2. The van der Waals surface area contributed by atoms with Gasteiger partial charge in [0.2, 0.25) is 5.67 Å². The number of alkyl halides is 1. The van der Waals surface area contributed by atoms with Crippen molar-refractivity contribution >= 4 is 5.97 Å². The van der Waals surface area contributed by atoms with Gasteiger partial charge in [0.15, 0.2) is 0 Å². The van der Waals surface area contributed by atoms with Crippen LogP contribution in [0.15, 0.2) is 60.7 Å². The lowest BCUT2D eigenvalue weighted by atomic mass is 9.89. The van der Waals surface area contributed by atoms with E-state index in [0.29, 0.717) is 5.56 Å². The summed E-state index contributed by atoms with van der Waals surface area (Å²) >= 11 is 0. The maximum absolute atomic E-state index is 15.3. The Bertz CT molecular complexity index is 554. The summed E-state index contributed by atoms with van der Waals surface area (Å²) < 4.78 is 20.2. The molecule has 2 aromatic rings. The van der Waals surface area contributed by atoms with E-state index in [1.165, 1.54) is 0 Å². The van der Waals surface area contributed by atoms with E-state index in [2.05, 4.69) is 0 Å². The molecule has 3 heteroatoms. The van der Waals surface area contributed by atoms with Crippen LogP contribution in [0.5, 0.6) is 0 Å². The molecule has 0 bridgehead atoms. The van der Waals surface area contributed by atoms with Gasteiger partial charge in [-0.2, -0.15) is 0 Å². The van der Waals surface area contributed by atoms with Crippen LogP contribution in [0.25, 0.3) is 0 Å². The van der Waals surface area contributed by atoms with Crippen LogP contribution < -0.4 is 0 Å². The molecule has 2 nitrogen and oxygen atoms in total. The summed E-state index contributed by atoms with van der Waals surface area (Å²) in [5, 5.41) is 0. The van der Waals surface area contributed by atoms with Crippen molar-refractivity contribution in [1.82, 2.24) is 0 Å². The van der Waals surface area contributed by atoms with Crippen molar-refractivity contribution in [1.29, 1.82) is 0 Å². The lowest BCUT2D eigenvalue weighted by Crippen LogP contribution is -2.35. The molecule has 0 amide bonds. The van der Waals surface area contributed by atoms with Crippen molar-refractivity contribution in [3.8, 4) is 0 Å². The normalized spacial score (nSPS) is 13.5. The number of rotatable bonds is 5. The van der Waals surface area contributed by atoms with Gasteiger partial charge in [-0.3, -0.25) is 0 Å². The highest BCUT2D eigenvalue weighted by molar-refractivity contribution is 5.81. The van der Waals surface area contributed by atoms with Gasteiger partial charge in [0.25, 0.3) is 0 Å². The first-order valence-corrected chi connectivity index (χ1v) is 6.62. The number of halogens is 1. The number of benzene rings is 2. The summed E-state index contributed by atoms with van der Waals surface area (Å²) in [4.78, 5) is 12.1. The second kappa shape index (κ2) is 6.33. The predicted octanol–water partition coefficient (Wildman–Crippen LogP) is 3.66.